The van der Waals surface area contributed by atoms with E-state index in [9.17, 15) is 9.90 Å². The monoisotopic (exact) mass is 294 g/mol. The summed E-state index contributed by atoms with van der Waals surface area (Å²) in [4.78, 5) is 18.6. The highest BCUT2D eigenvalue weighted by molar-refractivity contribution is 7.99. The molecule has 1 fully saturated rings. The summed E-state index contributed by atoms with van der Waals surface area (Å²) in [6.07, 6.45) is 3.25. The second-order valence-corrected chi connectivity index (χ2v) is 6.50. The first-order chi connectivity index (χ1) is 9.61. The Hall–Kier alpha value is -1.07. The molecule has 1 aliphatic rings. The summed E-state index contributed by atoms with van der Waals surface area (Å²) in [5.74, 6) is 1.19. The number of rotatable bonds is 4. The topological polar surface area (TPSA) is 53.4 Å². The minimum absolute atomic E-state index is 0.0240. The van der Waals surface area contributed by atoms with Crippen molar-refractivity contribution in [2.24, 2.45) is 5.92 Å². The Bertz CT molecular complexity index is 448. The molecular weight excluding hydrogens is 272 g/mol. The first kappa shape index (κ1) is 15.3. The molecule has 0 bridgehead atoms. The molecule has 1 aromatic rings. The molecule has 2 unspecified atom stereocenters. The number of carbonyl (C=O) groups is 1. The molecule has 2 heterocycles. The van der Waals surface area contributed by atoms with Gasteiger partial charge in [0.05, 0.1) is 16.7 Å². The molecule has 1 N–H and O–H groups in total. The van der Waals surface area contributed by atoms with E-state index in [0.29, 0.717) is 12.1 Å². The highest BCUT2D eigenvalue weighted by Gasteiger charge is 2.27. The van der Waals surface area contributed by atoms with E-state index >= 15 is 0 Å². The van der Waals surface area contributed by atoms with E-state index in [1.165, 1.54) is 0 Å². The van der Waals surface area contributed by atoms with E-state index in [0.717, 1.165) is 30.2 Å². The number of aliphatic hydroxyl groups excluding tert-OH is 1. The number of aliphatic hydroxyl groups is 1. The highest BCUT2D eigenvalue weighted by Crippen LogP contribution is 2.22. The van der Waals surface area contributed by atoms with Crippen LogP contribution in [0.2, 0.25) is 0 Å². The van der Waals surface area contributed by atoms with Crippen LogP contribution >= 0.6 is 11.8 Å². The van der Waals surface area contributed by atoms with Gasteiger partial charge in [-0.05, 0) is 37.7 Å². The molecule has 0 aliphatic carbocycles. The zero-order chi connectivity index (χ0) is 14.5. The number of hydrogen-bond donors (Lipinski definition) is 1. The largest absolute Gasteiger partial charge is 0.393 e. The van der Waals surface area contributed by atoms with Gasteiger partial charge in [-0.1, -0.05) is 6.92 Å². The third kappa shape index (κ3) is 3.73. The molecule has 1 saturated heterocycles. The number of amides is 1. The van der Waals surface area contributed by atoms with Gasteiger partial charge in [-0.15, -0.1) is 11.8 Å². The van der Waals surface area contributed by atoms with Gasteiger partial charge in [0.15, 0.2) is 0 Å². The summed E-state index contributed by atoms with van der Waals surface area (Å²) in [6, 6.07) is 3.75. The van der Waals surface area contributed by atoms with E-state index in [-0.39, 0.29) is 17.9 Å². The van der Waals surface area contributed by atoms with Crippen molar-refractivity contribution in [2.45, 2.75) is 37.8 Å². The molecule has 2 atom stereocenters. The van der Waals surface area contributed by atoms with Crippen LogP contribution in [0.4, 0.5) is 0 Å². The Kier molecular flexibility index (Phi) is 5.43. The van der Waals surface area contributed by atoms with Crippen LogP contribution in [0.1, 0.15) is 37.0 Å². The summed E-state index contributed by atoms with van der Waals surface area (Å²) in [7, 11) is 0. The summed E-state index contributed by atoms with van der Waals surface area (Å²) in [6.45, 7) is 5.29. The number of aromatic nitrogens is 1. The molecule has 0 radical (unpaired) electrons. The predicted molar refractivity (Wildman–Crippen MR) is 80.9 cm³/mol. The van der Waals surface area contributed by atoms with E-state index in [2.05, 4.69) is 11.9 Å². The molecule has 5 heteroatoms. The Morgan fingerprint density at radius 2 is 2.40 bits per heavy atom. The molecule has 1 aromatic heterocycles. The molecule has 1 aliphatic heterocycles. The van der Waals surface area contributed by atoms with Gasteiger partial charge in [0.25, 0.3) is 5.91 Å². The summed E-state index contributed by atoms with van der Waals surface area (Å²) >= 11 is 1.67. The van der Waals surface area contributed by atoms with Gasteiger partial charge in [0, 0.05) is 25.2 Å². The van der Waals surface area contributed by atoms with Crippen molar-refractivity contribution < 1.29 is 9.90 Å². The van der Waals surface area contributed by atoms with E-state index in [4.69, 9.17) is 0 Å². The average molecular weight is 294 g/mol. The van der Waals surface area contributed by atoms with E-state index in [1.807, 2.05) is 17.0 Å². The number of nitrogens with zero attached hydrogens (tertiary/aromatic N) is 2. The molecule has 2 rings (SSSR count). The SMILES string of the molecule is CCSc1ccc(C(=O)N2CCCC(C(C)O)C2)cn1. The fourth-order valence-electron chi connectivity index (χ4n) is 2.51. The van der Waals surface area contributed by atoms with E-state index in [1.54, 1.807) is 24.9 Å². The lowest BCUT2D eigenvalue weighted by atomic mass is 9.93. The molecular formula is C15H22N2O2S. The van der Waals surface area contributed by atoms with Crippen molar-refractivity contribution in [3.05, 3.63) is 23.9 Å². The van der Waals surface area contributed by atoms with Crippen LogP contribution in [0.25, 0.3) is 0 Å². The quantitative estimate of drug-likeness (QED) is 0.867. The number of likely N-dealkylation sites (tertiary alicyclic amines) is 1. The molecule has 0 aromatic carbocycles. The Labute approximate surface area is 124 Å². The maximum atomic E-state index is 12.4. The van der Waals surface area contributed by atoms with Crippen molar-refractivity contribution in [3.63, 3.8) is 0 Å². The Morgan fingerprint density at radius 3 is 3.00 bits per heavy atom. The van der Waals surface area contributed by atoms with Crippen LogP contribution in [-0.4, -0.2) is 45.8 Å². The first-order valence-electron chi connectivity index (χ1n) is 7.18. The van der Waals surface area contributed by atoms with Gasteiger partial charge >= 0.3 is 0 Å². The average Bonchev–Trinajstić information content (AvgIpc) is 2.48. The fourth-order valence-corrected chi connectivity index (χ4v) is 3.10. The van der Waals surface area contributed by atoms with Gasteiger partial charge in [0.2, 0.25) is 0 Å². The number of piperidine rings is 1. The summed E-state index contributed by atoms with van der Waals surface area (Å²) in [5, 5.41) is 10.6. The zero-order valence-electron chi connectivity index (χ0n) is 12.1. The predicted octanol–water partition coefficient (Wildman–Crippen LogP) is 2.43. The Morgan fingerprint density at radius 1 is 1.60 bits per heavy atom. The highest BCUT2D eigenvalue weighted by atomic mass is 32.2. The van der Waals surface area contributed by atoms with Gasteiger partial charge in [-0.3, -0.25) is 4.79 Å². The smallest absolute Gasteiger partial charge is 0.255 e. The van der Waals surface area contributed by atoms with Gasteiger partial charge < -0.3 is 10.0 Å². The van der Waals surface area contributed by atoms with Gasteiger partial charge in [-0.25, -0.2) is 4.98 Å². The summed E-state index contributed by atoms with van der Waals surface area (Å²) < 4.78 is 0. The van der Waals surface area contributed by atoms with Crippen molar-refractivity contribution in [1.29, 1.82) is 0 Å². The van der Waals surface area contributed by atoms with Crippen molar-refractivity contribution in [2.75, 3.05) is 18.8 Å². The van der Waals surface area contributed by atoms with Crippen LogP contribution in [0.5, 0.6) is 0 Å². The van der Waals surface area contributed by atoms with Crippen molar-refractivity contribution in [1.82, 2.24) is 9.88 Å². The molecule has 0 spiro atoms. The number of carbonyl (C=O) groups excluding carboxylic acids is 1. The van der Waals surface area contributed by atoms with Crippen LogP contribution in [-0.2, 0) is 0 Å². The Balaban J connectivity index is 2.02. The minimum Gasteiger partial charge on any atom is -0.393 e. The zero-order valence-corrected chi connectivity index (χ0v) is 12.9. The first-order valence-corrected chi connectivity index (χ1v) is 8.16. The lowest BCUT2D eigenvalue weighted by Crippen LogP contribution is -2.42. The number of hydrogen-bond acceptors (Lipinski definition) is 4. The second-order valence-electron chi connectivity index (χ2n) is 5.21. The lowest BCUT2D eigenvalue weighted by molar-refractivity contribution is 0.0465. The standard InChI is InChI=1S/C15H22N2O2S/c1-3-20-14-7-6-12(9-16-14)15(19)17-8-4-5-13(10-17)11(2)18/h6-7,9,11,13,18H,3-5,8,10H2,1-2H3. The van der Waals surface area contributed by atoms with Gasteiger partial charge in [0.1, 0.15) is 0 Å². The third-order valence-corrected chi connectivity index (χ3v) is 4.53. The van der Waals surface area contributed by atoms with Crippen LogP contribution in [0.15, 0.2) is 23.4 Å². The third-order valence-electron chi connectivity index (χ3n) is 3.70. The van der Waals surface area contributed by atoms with Crippen LogP contribution in [0.3, 0.4) is 0 Å². The maximum Gasteiger partial charge on any atom is 0.255 e. The molecule has 0 saturated carbocycles. The number of pyridine rings is 1. The van der Waals surface area contributed by atoms with Crippen molar-refractivity contribution >= 4 is 17.7 Å². The normalized spacial score (nSPS) is 20.8. The van der Waals surface area contributed by atoms with E-state index < -0.39 is 0 Å². The van der Waals surface area contributed by atoms with Crippen molar-refractivity contribution in [3.8, 4) is 0 Å². The molecule has 20 heavy (non-hydrogen) atoms. The van der Waals surface area contributed by atoms with Crippen LogP contribution < -0.4 is 0 Å². The maximum absolute atomic E-state index is 12.4. The summed E-state index contributed by atoms with van der Waals surface area (Å²) in [5.41, 5.74) is 0.636. The van der Waals surface area contributed by atoms with Gasteiger partial charge in [-0.2, -0.15) is 0 Å². The van der Waals surface area contributed by atoms with Crippen LogP contribution in [0, 0.1) is 5.92 Å². The number of thioether (sulfide) groups is 1. The molecule has 110 valence electrons. The second kappa shape index (κ2) is 7.09. The molecule has 1 amide bonds. The fraction of sp³-hybridized carbons (Fsp3) is 0.600. The minimum atomic E-state index is -0.355. The lowest BCUT2D eigenvalue weighted by Gasteiger charge is -2.34. The molecule has 4 nitrogen and oxygen atoms in total.